The first kappa shape index (κ1) is 22.1. The molecular weight excluding hydrogens is 468 g/mol. The Hall–Kier alpha value is -2.13. The van der Waals surface area contributed by atoms with Crippen LogP contribution in [-0.4, -0.2) is 48.7 Å². The van der Waals surface area contributed by atoms with Crippen molar-refractivity contribution in [3.8, 4) is 5.75 Å². The molecule has 8 heteroatoms. The van der Waals surface area contributed by atoms with Gasteiger partial charge in [-0.05, 0) is 60.5 Å². The third-order valence-electron chi connectivity index (χ3n) is 5.59. The predicted molar refractivity (Wildman–Crippen MR) is 114 cm³/mol. The number of benzene rings is 1. The van der Waals surface area contributed by atoms with Crippen molar-refractivity contribution in [2.75, 3.05) is 13.9 Å². The average Bonchev–Trinajstić information content (AvgIpc) is 2.95. The van der Waals surface area contributed by atoms with E-state index in [4.69, 9.17) is 18.9 Å². The van der Waals surface area contributed by atoms with Gasteiger partial charge in [0.2, 0.25) is 5.78 Å². The quantitative estimate of drug-likeness (QED) is 0.578. The highest BCUT2D eigenvalue weighted by Crippen LogP contribution is 2.47. The zero-order chi connectivity index (χ0) is 22.6. The number of carbonyl (C=O) groups excluding carboxylic acids is 3. The molecule has 0 spiro atoms. The summed E-state index contributed by atoms with van der Waals surface area (Å²) >= 11 is 3.32. The first-order valence-corrected chi connectivity index (χ1v) is 10.7. The smallest absolute Gasteiger partial charge is 0.201 e. The normalized spacial score (nSPS) is 27.2. The van der Waals surface area contributed by atoms with Gasteiger partial charge in [0.15, 0.2) is 24.1 Å². The number of fused-ring (bicyclic) bond motifs is 2. The molecule has 164 valence electrons. The van der Waals surface area contributed by atoms with Crippen LogP contribution in [0.4, 0.5) is 0 Å². The Labute approximate surface area is 188 Å². The molecule has 1 saturated heterocycles. The molecule has 1 heterocycles. The number of rotatable bonds is 5. The maximum atomic E-state index is 13.5. The second-order valence-corrected chi connectivity index (χ2v) is 9.32. The summed E-state index contributed by atoms with van der Waals surface area (Å²) in [5, 5.41) is 0. The molecule has 1 fully saturated rings. The lowest BCUT2D eigenvalue weighted by Crippen LogP contribution is -2.43. The largest absolute Gasteiger partial charge is 0.467 e. The molecule has 7 nitrogen and oxygen atoms in total. The minimum absolute atomic E-state index is 0.0571. The molecular formula is C23H23BrO7. The molecule has 3 aliphatic rings. The van der Waals surface area contributed by atoms with Gasteiger partial charge in [0, 0.05) is 31.1 Å². The van der Waals surface area contributed by atoms with E-state index in [9.17, 15) is 14.4 Å². The molecule has 0 radical (unpaired) electrons. The van der Waals surface area contributed by atoms with Crippen LogP contribution in [0.3, 0.4) is 0 Å². The Bertz CT molecular complexity index is 1050. The summed E-state index contributed by atoms with van der Waals surface area (Å²) in [5.74, 6) is -1.36. The van der Waals surface area contributed by atoms with Crippen molar-refractivity contribution >= 4 is 33.3 Å². The van der Waals surface area contributed by atoms with E-state index in [1.54, 1.807) is 32.0 Å². The van der Waals surface area contributed by atoms with E-state index >= 15 is 0 Å². The summed E-state index contributed by atoms with van der Waals surface area (Å²) in [4.78, 5) is 38.9. The Morgan fingerprint density at radius 2 is 1.90 bits per heavy atom. The van der Waals surface area contributed by atoms with Crippen molar-refractivity contribution in [2.45, 2.75) is 51.1 Å². The summed E-state index contributed by atoms with van der Waals surface area (Å²) in [7, 11) is 1.47. The molecule has 2 atom stereocenters. The van der Waals surface area contributed by atoms with Crippen molar-refractivity contribution in [1.82, 2.24) is 0 Å². The molecule has 0 aromatic heterocycles. The zero-order valence-corrected chi connectivity index (χ0v) is 19.3. The van der Waals surface area contributed by atoms with Gasteiger partial charge in [-0.1, -0.05) is 6.07 Å². The van der Waals surface area contributed by atoms with Crippen molar-refractivity contribution in [3.63, 3.8) is 0 Å². The molecule has 0 saturated carbocycles. The fourth-order valence-electron chi connectivity index (χ4n) is 4.53. The SMILES string of the molecule is COCOc1cccc2c1C(=O)C(CC1=CC(=O)C[C@]3(C)OC(C)(C)O[C@H]13)=C(Br)C2=O. The van der Waals surface area contributed by atoms with Gasteiger partial charge in [-0.15, -0.1) is 0 Å². The number of ketones is 3. The number of Topliss-reactive ketones (excluding diaryl/α,β-unsaturated/α-hetero) is 2. The van der Waals surface area contributed by atoms with E-state index in [1.807, 2.05) is 6.92 Å². The Balaban J connectivity index is 1.73. The van der Waals surface area contributed by atoms with Crippen molar-refractivity contribution in [1.29, 1.82) is 0 Å². The molecule has 4 rings (SSSR count). The lowest BCUT2D eigenvalue weighted by atomic mass is 9.78. The number of carbonyl (C=O) groups is 3. The molecule has 0 amide bonds. The van der Waals surface area contributed by atoms with Crippen LogP contribution in [0, 0.1) is 0 Å². The fraction of sp³-hybridized carbons (Fsp3) is 0.435. The molecule has 0 unspecified atom stereocenters. The number of allylic oxidation sites excluding steroid dienone is 3. The molecule has 2 aliphatic carbocycles. The number of methoxy groups -OCH3 is 1. The molecule has 1 aromatic rings. The van der Waals surface area contributed by atoms with Gasteiger partial charge in [-0.25, -0.2) is 0 Å². The van der Waals surface area contributed by atoms with Crippen LogP contribution in [0.5, 0.6) is 5.75 Å². The van der Waals surface area contributed by atoms with Gasteiger partial charge in [0.05, 0.1) is 10.0 Å². The maximum absolute atomic E-state index is 13.5. The van der Waals surface area contributed by atoms with Crippen molar-refractivity contribution in [3.05, 3.63) is 51.0 Å². The Morgan fingerprint density at radius 3 is 2.61 bits per heavy atom. The van der Waals surface area contributed by atoms with Crippen LogP contribution >= 0.6 is 15.9 Å². The van der Waals surface area contributed by atoms with Gasteiger partial charge < -0.3 is 18.9 Å². The van der Waals surface area contributed by atoms with E-state index in [0.29, 0.717) is 5.57 Å². The van der Waals surface area contributed by atoms with E-state index in [2.05, 4.69) is 15.9 Å². The Morgan fingerprint density at radius 1 is 1.16 bits per heavy atom. The highest BCUT2D eigenvalue weighted by atomic mass is 79.9. The maximum Gasteiger partial charge on any atom is 0.201 e. The monoisotopic (exact) mass is 490 g/mol. The second kappa shape index (κ2) is 7.78. The minimum atomic E-state index is -0.866. The van der Waals surface area contributed by atoms with Gasteiger partial charge in [0.25, 0.3) is 0 Å². The van der Waals surface area contributed by atoms with Crippen molar-refractivity contribution in [2.24, 2.45) is 0 Å². The first-order chi connectivity index (χ1) is 14.6. The molecule has 0 bridgehead atoms. The van der Waals surface area contributed by atoms with Crippen LogP contribution in [0.2, 0.25) is 0 Å². The number of ether oxygens (including phenoxy) is 4. The number of hydrogen-bond acceptors (Lipinski definition) is 7. The van der Waals surface area contributed by atoms with E-state index < -0.39 is 17.5 Å². The highest BCUT2D eigenvalue weighted by Gasteiger charge is 2.54. The van der Waals surface area contributed by atoms with Gasteiger partial charge in [0.1, 0.15) is 17.5 Å². The molecule has 1 aromatic carbocycles. The predicted octanol–water partition coefficient (Wildman–Crippen LogP) is 3.90. The van der Waals surface area contributed by atoms with Crippen molar-refractivity contribution < 1.29 is 33.3 Å². The van der Waals surface area contributed by atoms with E-state index in [1.165, 1.54) is 13.2 Å². The van der Waals surface area contributed by atoms with E-state index in [0.717, 1.165) is 0 Å². The number of halogens is 1. The third kappa shape index (κ3) is 3.82. The van der Waals surface area contributed by atoms with Crippen LogP contribution in [0.25, 0.3) is 0 Å². The lowest BCUT2D eigenvalue weighted by Gasteiger charge is -2.33. The first-order valence-electron chi connectivity index (χ1n) is 9.90. The number of hydrogen-bond donors (Lipinski definition) is 0. The van der Waals surface area contributed by atoms with Crippen LogP contribution in [0.1, 0.15) is 54.3 Å². The topological polar surface area (TPSA) is 88.1 Å². The minimum Gasteiger partial charge on any atom is -0.467 e. The summed E-state index contributed by atoms with van der Waals surface area (Å²) in [6.07, 6.45) is 1.27. The van der Waals surface area contributed by atoms with Gasteiger partial charge in [-0.2, -0.15) is 0 Å². The van der Waals surface area contributed by atoms with Crippen LogP contribution < -0.4 is 4.74 Å². The summed E-state index contributed by atoms with van der Waals surface area (Å²) in [6, 6.07) is 4.86. The van der Waals surface area contributed by atoms with Gasteiger partial charge >= 0.3 is 0 Å². The fourth-order valence-corrected chi connectivity index (χ4v) is 5.07. The average molecular weight is 491 g/mol. The van der Waals surface area contributed by atoms with Crippen LogP contribution in [0.15, 0.2) is 39.9 Å². The van der Waals surface area contributed by atoms with E-state index in [-0.39, 0.29) is 63.9 Å². The van der Waals surface area contributed by atoms with Crippen LogP contribution in [-0.2, 0) is 19.0 Å². The summed E-state index contributed by atoms with van der Waals surface area (Å²) < 4.78 is 22.8. The summed E-state index contributed by atoms with van der Waals surface area (Å²) in [6.45, 7) is 5.36. The van der Waals surface area contributed by atoms with Gasteiger partial charge in [-0.3, -0.25) is 14.4 Å². The third-order valence-corrected chi connectivity index (χ3v) is 6.43. The standard InChI is InChI=1S/C23H23BrO7/c1-22(2)30-21-12(8-13(25)10-23(21,3)31-22)9-15-18(24)20(27)14-6-5-7-16(29-11-28-4)17(14)19(15)26/h5-8,21H,9-11H2,1-4H3/t21-,23+/m1/s1. The zero-order valence-electron chi connectivity index (χ0n) is 17.7. The Kier molecular flexibility index (Phi) is 5.54. The molecule has 0 N–H and O–H groups in total. The second-order valence-electron chi connectivity index (χ2n) is 8.53. The molecule has 1 aliphatic heterocycles. The lowest BCUT2D eigenvalue weighted by molar-refractivity contribution is -0.161. The molecule has 31 heavy (non-hydrogen) atoms. The summed E-state index contributed by atoms with van der Waals surface area (Å²) in [5.41, 5.74) is 0.481. The highest BCUT2D eigenvalue weighted by molar-refractivity contribution is 9.12.